The highest BCUT2D eigenvalue weighted by molar-refractivity contribution is 7.93. The van der Waals surface area contributed by atoms with E-state index in [-0.39, 0.29) is 19.0 Å². The molecule has 21 heavy (non-hydrogen) atoms. The number of nitrogens with zero attached hydrogens (tertiary/aromatic N) is 1. The highest BCUT2D eigenvalue weighted by atomic mass is 32.2. The first-order valence-electron chi connectivity index (χ1n) is 6.32. The zero-order valence-corrected chi connectivity index (χ0v) is 14.2. The lowest BCUT2D eigenvalue weighted by Gasteiger charge is -2.31. The highest BCUT2D eigenvalue weighted by Crippen LogP contribution is 2.19. The van der Waals surface area contributed by atoms with Crippen LogP contribution in [-0.4, -0.2) is 67.0 Å². The predicted octanol–water partition coefficient (Wildman–Crippen LogP) is -2.13. The van der Waals surface area contributed by atoms with Gasteiger partial charge in [0, 0.05) is 25.9 Å². The molecule has 1 aliphatic heterocycles. The zero-order chi connectivity index (χ0) is 16.3. The first-order chi connectivity index (χ1) is 9.39. The summed E-state index contributed by atoms with van der Waals surface area (Å²) in [5.74, 6) is -1.06. The van der Waals surface area contributed by atoms with Crippen molar-refractivity contribution in [2.24, 2.45) is 11.1 Å². The summed E-state index contributed by atoms with van der Waals surface area (Å²) < 4.78 is 71.3. The molecule has 0 aromatic heterocycles. The fourth-order valence-corrected chi connectivity index (χ4v) is 5.69. The van der Waals surface area contributed by atoms with Crippen LogP contribution in [0.4, 0.5) is 0 Å². The summed E-state index contributed by atoms with van der Waals surface area (Å²) in [4.78, 5) is 0. The second kappa shape index (κ2) is 6.87. The van der Waals surface area contributed by atoms with E-state index in [1.165, 1.54) is 4.31 Å². The van der Waals surface area contributed by atoms with E-state index in [0.29, 0.717) is 19.4 Å². The summed E-state index contributed by atoms with van der Waals surface area (Å²) in [7, 11) is -10.8. The molecule has 1 unspecified atom stereocenters. The molecule has 0 spiro atoms. The van der Waals surface area contributed by atoms with Gasteiger partial charge in [0.25, 0.3) is 10.2 Å². The maximum absolute atomic E-state index is 12.1. The Labute approximate surface area is 126 Å². The first-order valence-corrected chi connectivity index (χ1v) is 11.5. The first kappa shape index (κ1) is 18.8. The topological polar surface area (TPSA) is 144 Å². The molecule has 0 radical (unpaired) electrons. The summed E-state index contributed by atoms with van der Waals surface area (Å²) in [6.45, 7) is 0.545. The minimum Gasteiger partial charge on any atom is -0.229 e. The Balaban J connectivity index is 2.62. The van der Waals surface area contributed by atoms with Crippen molar-refractivity contribution in [3.05, 3.63) is 0 Å². The Hall–Kier alpha value is -0.270. The van der Waals surface area contributed by atoms with E-state index in [0.717, 1.165) is 6.26 Å². The van der Waals surface area contributed by atoms with E-state index < -0.39 is 41.6 Å². The molecule has 0 aromatic rings. The summed E-state index contributed by atoms with van der Waals surface area (Å²) >= 11 is 0. The van der Waals surface area contributed by atoms with Crippen LogP contribution in [0.1, 0.15) is 12.8 Å². The van der Waals surface area contributed by atoms with Gasteiger partial charge in [0.05, 0.1) is 11.5 Å². The van der Waals surface area contributed by atoms with Crippen LogP contribution in [0, 0.1) is 5.92 Å². The average Bonchev–Trinajstić information content (AvgIpc) is 2.33. The molecule has 9 nitrogen and oxygen atoms in total. The lowest BCUT2D eigenvalue weighted by atomic mass is 10.0. The van der Waals surface area contributed by atoms with Crippen LogP contribution in [-0.2, 0) is 30.1 Å². The van der Waals surface area contributed by atoms with Crippen molar-refractivity contribution >= 4 is 30.1 Å². The van der Waals surface area contributed by atoms with Gasteiger partial charge in [-0.25, -0.2) is 31.0 Å². The molecule has 3 N–H and O–H groups in total. The second-order valence-electron chi connectivity index (χ2n) is 5.21. The number of rotatable bonds is 7. The molecule has 1 aliphatic rings. The van der Waals surface area contributed by atoms with Gasteiger partial charge in [0.15, 0.2) is 0 Å². The molecular formula is C9H21N3O6S3. The Morgan fingerprint density at radius 2 is 1.76 bits per heavy atom. The summed E-state index contributed by atoms with van der Waals surface area (Å²) in [6.07, 6.45) is 2.26. The average molecular weight is 363 g/mol. The van der Waals surface area contributed by atoms with Gasteiger partial charge in [0.1, 0.15) is 9.84 Å². The van der Waals surface area contributed by atoms with E-state index >= 15 is 0 Å². The molecular weight excluding hydrogens is 342 g/mol. The van der Waals surface area contributed by atoms with Crippen LogP contribution in [0.3, 0.4) is 0 Å². The number of sulfone groups is 1. The van der Waals surface area contributed by atoms with Gasteiger partial charge in [0.2, 0.25) is 10.0 Å². The minimum absolute atomic E-state index is 0.0664. The van der Waals surface area contributed by atoms with Gasteiger partial charge >= 0.3 is 0 Å². The maximum atomic E-state index is 12.1. The summed E-state index contributed by atoms with van der Waals surface area (Å²) in [5, 5.41) is 4.83. The van der Waals surface area contributed by atoms with Crippen LogP contribution < -0.4 is 9.86 Å². The number of nitrogens with one attached hydrogen (secondary N) is 1. The third-order valence-corrected chi connectivity index (χ3v) is 6.77. The Bertz CT molecular complexity index is 655. The summed E-state index contributed by atoms with van der Waals surface area (Å²) in [5.41, 5.74) is 0. The SMILES string of the molecule is CS(=O)(=O)CCS(=O)(=O)N1CCCC(CNS(N)(=O)=O)C1. The fourth-order valence-electron chi connectivity index (χ4n) is 2.07. The lowest BCUT2D eigenvalue weighted by molar-refractivity contribution is 0.267. The van der Waals surface area contributed by atoms with Gasteiger partial charge in [-0.15, -0.1) is 0 Å². The van der Waals surface area contributed by atoms with E-state index in [1.54, 1.807) is 0 Å². The fraction of sp³-hybridized carbons (Fsp3) is 1.00. The van der Waals surface area contributed by atoms with Gasteiger partial charge in [-0.1, -0.05) is 0 Å². The van der Waals surface area contributed by atoms with Crippen LogP contribution in [0.2, 0.25) is 0 Å². The number of nitrogens with two attached hydrogens (primary N) is 1. The van der Waals surface area contributed by atoms with Crippen molar-refractivity contribution in [1.82, 2.24) is 9.03 Å². The van der Waals surface area contributed by atoms with Crippen LogP contribution in [0.5, 0.6) is 0 Å². The third kappa shape index (κ3) is 7.51. The quantitative estimate of drug-likeness (QED) is 0.528. The highest BCUT2D eigenvalue weighted by Gasteiger charge is 2.29. The number of hydrogen-bond donors (Lipinski definition) is 2. The van der Waals surface area contributed by atoms with Crippen LogP contribution in [0.25, 0.3) is 0 Å². The van der Waals surface area contributed by atoms with Crippen LogP contribution in [0.15, 0.2) is 0 Å². The molecule has 0 saturated carbocycles. The molecule has 1 saturated heterocycles. The van der Waals surface area contributed by atoms with Crippen molar-refractivity contribution in [3.8, 4) is 0 Å². The smallest absolute Gasteiger partial charge is 0.229 e. The maximum Gasteiger partial charge on any atom is 0.274 e. The minimum atomic E-state index is -3.80. The Morgan fingerprint density at radius 3 is 2.29 bits per heavy atom. The monoisotopic (exact) mass is 363 g/mol. The molecule has 1 heterocycles. The lowest BCUT2D eigenvalue weighted by Crippen LogP contribution is -2.45. The van der Waals surface area contributed by atoms with E-state index in [1.807, 2.05) is 0 Å². The van der Waals surface area contributed by atoms with Crippen molar-refractivity contribution in [2.45, 2.75) is 12.8 Å². The van der Waals surface area contributed by atoms with Crippen molar-refractivity contribution in [3.63, 3.8) is 0 Å². The van der Waals surface area contributed by atoms with Crippen molar-refractivity contribution in [1.29, 1.82) is 0 Å². The third-order valence-electron chi connectivity index (χ3n) is 3.16. The Kier molecular flexibility index (Phi) is 6.15. The molecule has 1 rings (SSSR count). The molecule has 1 fully saturated rings. The van der Waals surface area contributed by atoms with E-state index in [2.05, 4.69) is 4.72 Å². The number of sulfonamides is 1. The van der Waals surface area contributed by atoms with Gasteiger partial charge < -0.3 is 0 Å². The van der Waals surface area contributed by atoms with Gasteiger partial charge in [-0.2, -0.15) is 8.42 Å². The summed E-state index contributed by atoms with van der Waals surface area (Å²) in [6, 6.07) is 0. The van der Waals surface area contributed by atoms with E-state index in [4.69, 9.17) is 5.14 Å². The van der Waals surface area contributed by atoms with Crippen molar-refractivity contribution in [2.75, 3.05) is 37.4 Å². The molecule has 1 atom stereocenters. The number of hydrogen-bond acceptors (Lipinski definition) is 6. The molecule has 12 heteroatoms. The molecule has 0 bridgehead atoms. The van der Waals surface area contributed by atoms with Crippen molar-refractivity contribution < 1.29 is 25.3 Å². The molecule has 126 valence electrons. The Morgan fingerprint density at radius 1 is 1.14 bits per heavy atom. The molecule has 0 aromatic carbocycles. The second-order valence-corrected chi connectivity index (χ2v) is 10.9. The van der Waals surface area contributed by atoms with E-state index in [9.17, 15) is 25.3 Å². The van der Waals surface area contributed by atoms with Gasteiger partial charge in [-0.05, 0) is 18.8 Å². The molecule has 0 amide bonds. The van der Waals surface area contributed by atoms with Gasteiger partial charge in [-0.3, -0.25) is 0 Å². The normalized spacial score (nSPS) is 22.3. The number of piperidine rings is 1. The largest absolute Gasteiger partial charge is 0.274 e. The standard InChI is InChI=1S/C9H21N3O6S3/c1-19(13,14)5-6-20(15,16)12-4-2-3-9(8-12)7-11-21(10,17)18/h9,11H,2-8H2,1H3,(H2,10,17,18). The predicted molar refractivity (Wildman–Crippen MR) is 78.9 cm³/mol. The zero-order valence-electron chi connectivity index (χ0n) is 11.7. The van der Waals surface area contributed by atoms with Crippen LogP contribution >= 0.6 is 0 Å². The molecule has 0 aliphatic carbocycles.